The predicted octanol–water partition coefficient (Wildman–Crippen LogP) is 5.09. The van der Waals surface area contributed by atoms with Gasteiger partial charge in [-0.1, -0.05) is 32.9 Å². The van der Waals surface area contributed by atoms with E-state index < -0.39 is 6.10 Å². The highest BCUT2D eigenvalue weighted by atomic mass is 16.5. The lowest BCUT2D eigenvalue weighted by molar-refractivity contribution is 0.0627. The van der Waals surface area contributed by atoms with E-state index in [1.807, 2.05) is 0 Å². The maximum Gasteiger partial charge on any atom is 0.0838 e. The fourth-order valence-corrected chi connectivity index (χ4v) is 3.89. The number of fused-ring (bicyclic) bond motifs is 1. The maximum atomic E-state index is 10.8. The molecule has 2 aromatic rings. The first-order valence-corrected chi connectivity index (χ1v) is 9.64. The Labute approximate surface area is 150 Å². The number of aromatic nitrogens is 1. The Balaban J connectivity index is 1.78. The molecule has 1 aromatic carbocycles. The third-order valence-corrected chi connectivity index (χ3v) is 5.66. The topological polar surface area (TPSA) is 42.4 Å². The maximum absolute atomic E-state index is 10.8. The van der Waals surface area contributed by atoms with Crippen molar-refractivity contribution in [2.45, 2.75) is 64.4 Å². The molecule has 0 bridgehead atoms. The summed E-state index contributed by atoms with van der Waals surface area (Å²) in [6.07, 6.45) is 4.17. The Hall–Kier alpha value is -1.45. The number of hydrogen-bond acceptors (Lipinski definition) is 3. The average molecular weight is 339 g/mol. The molecule has 0 spiro atoms. The molecule has 0 radical (unpaired) electrons. The molecule has 2 heterocycles. The molecule has 1 unspecified atom stereocenters. The van der Waals surface area contributed by atoms with Crippen molar-refractivity contribution in [3.05, 3.63) is 41.1 Å². The lowest BCUT2D eigenvalue weighted by Gasteiger charge is -2.27. The van der Waals surface area contributed by atoms with Crippen LogP contribution in [0.4, 0.5) is 0 Å². The first-order chi connectivity index (χ1) is 11.9. The van der Waals surface area contributed by atoms with Crippen LogP contribution < -0.4 is 0 Å². The summed E-state index contributed by atoms with van der Waals surface area (Å²) in [6, 6.07) is 8.74. The van der Waals surface area contributed by atoms with E-state index in [1.165, 1.54) is 29.5 Å². The van der Waals surface area contributed by atoms with E-state index in [-0.39, 0.29) is 5.41 Å². The normalized spacial score (nSPS) is 20.8. The lowest BCUT2D eigenvalue weighted by Crippen LogP contribution is -2.18. The van der Waals surface area contributed by atoms with Crippen LogP contribution in [-0.4, -0.2) is 23.3 Å². The summed E-state index contributed by atoms with van der Waals surface area (Å²) >= 11 is 0. The molecule has 2 fully saturated rings. The van der Waals surface area contributed by atoms with Crippen LogP contribution in [-0.2, 0) is 4.74 Å². The number of rotatable bonds is 3. The van der Waals surface area contributed by atoms with Gasteiger partial charge in [0.15, 0.2) is 0 Å². The van der Waals surface area contributed by atoms with E-state index >= 15 is 0 Å². The Morgan fingerprint density at radius 2 is 1.76 bits per heavy atom. The molecule has 1 atom stereocenters. The van der Waals surface area contributed by atoms with Gasteiger partial charge >= 0.3 is 0 Å². The smallest absolute Gasteiger partial charge is 0.0838 e. The third-order valence-electron chi connectivity index (χ3n) is 5.66. The van der Waals surface area contributed by atoms with Gasteiger partial charge in [-0.05, 0) is 60.3 Å². The second-order valence-corrected chi connectivity index (χ2v) is 8.85. The van der Waals surface area contributed by atoms with Crippen LogP contribution in [0, 0.1) is 5.41 Å². The Morgan fingerprint density at radius 3 is 2.40 bits per heavy atom. The molecule has 1 saturated carbocycles. The van der Waals surface area contributed by atoms with E-state index in [9.17, 15) is 5.11 Å². The molecule has 3 nitrogen and oxygen atoms in total. The van der Waals surface area contributed by atoms with Crippen molar-refractivity contribution in [1.82, 2.24) is 4.98 Å². The SMILES string of the molecule is CC(C)(C)C(O)c1cc(C2CC2)c2nc(C3CCOCC3)ccc2c1. The second-order valence-electron chi connectivity index (χ2n) is 8.85. The van der Waals surface area contributed by atoms with Gasteiger partial charge in [-0.15, -0.1) is 0 Å². The molecule has 1 N–H and O–H groups in total. The third kappa shape index (κ3) is 3.45. The van der Waals surface area contributed by atoms with Gasteiger partial charge in [0.1, 0.15) is 0 Å². The van der Waals surface area contributed by atoms with Crippen LogP contribution in [0.1, 0.15) is 81.2 Å². The van der Waals surface area contributed by atoms with Gasteiger partial charge in [-0.25, -0.2) is 0 Å². The molecule has 1 aliphatic carbocycles. The van der Waals surface area contributed by atoms with Gasteiger partial charge in [0.2, 0.25) is 0 Å². The van der Waals surface area contributed by atoms with Gasteiger partial charge in [0, 0.05) is 30.2 Å². The standard InChI is InChI=1S/C22H29NO2/c1-22(2,3)21(24)17-12-16-6-7-19(15-8-10-25-11-9-15)23-20(16)18(13-17)14-4-5-14/h6-7,12-15,21,24H,4-5,8-11H2,1-3H3. The summed E-state index contributed by atoms with van der Waals surface area (Å²) in [5.41, 5.74) is 4.56. The monoisotopic (exact) mass is 339 g/mol. The minimum atomic E-state index is -0.454. The van der Waals surface area contributed by atoms with Crippen LogP contribution in [0.25, 0.3) is 10.9 Å². The number of benzene rings is 1. The number of hydrogen-bond donors (Lipinski definition) is 1. The zero-order valence-corrected chi connectivity index (χ0v) is 15.6. The summed E-state index contributed by atoms with van der Waals surface area (Å²) in [6.45, 7) is 7.95. The second kappa shape index (κ2) is 6.37. The predicted molar refractivity (Wildman–Crippen MR) is 101 cm³/mol. The summed E-state index contributed by atoms with van der Waals surface area (Å²) in [4.78, 5) is 5.09. The molecule has 0 amide bonds. The molecular formula is C22H29NO2. The van der Waals surface area contributed by atoms with Crippen LogP contribution >= 0.6 is 0 Å². The van der Waals surface area contributed by atoms with Crippen LogP contribution in [0.2, 0.25) is 0 Å². The van der Waals surface area contributed by atoms with Gasteiger partial charge in [-0.3, -0.25) is 4.98 Å². The van der Waals surface area contributed by atoms with Gasteiger partial charge < -0.3 is 9.84 Å². The molecule has 1 saturated heterocycles. The van der Waals surface area contributed by atoms with Crippen molar-refractivity contribution >= 4 is 10.9 Å². The molecule has 4 rings (SSSR count). The van der Waals surface area contributed by atoms with Gasteiger partial charge in [0.25, 0.3) is 0 Å². The number of aliphatic hydroxyl groups excluding tert-OH is 1. The van der Waals surface area contributed by atoms with Crippen molar-refractivity contribution in [1.29, 1.82) is 0 Å². The van der Waals surface area contributed by atoms with Crippen molar-refractivity contribution in [2.24, 2.45) is 5.41 Å². The molecule has 134 valence electrons. The number of nitrogens with zero attached hydrogens (tertiary/aromatic N) is 1. The quantitative estimate of drug-likeness (QED) is 0.847. The van der Waals surface area contributed by atoms with Crippen LogP contribution in [0.3, 0.4) is 0 Å². The van der Waals surface area contributed by atoms with Crippen molar-refractivity contribution in [3.8, 4) is 0 Å². The number of pyridine rings is 1. The highest BCUT2D eigenvalue weighted by Gasteiger charge is 2.30. The number of ether oxygens (including phenoxy) is 1. The Bertz CT molecular complexity index is 767. The van der Waals surface area contributed by atoms with Gasteiger partial charge in [0.05, 0.1) is 11.6 Å². The largest absolute Gasteiger partial charge is 0.388 e. The molecule has 3 heteroatoms. The molecule has 2 aliphatic rings. The molecule has 25 heavy (non-hydrogen) atoms. The minimum Gasteiger partial charge on any atom is -0.388 e. The van der Waals surface area contributed by atoms with E-state index in [4.69, 9.17) is 9.72 Å². The first kappa shape index (κ1) is 17.0. The zero-order chi connectivity index (χ0) is 17.6. The minimum absolute atomic E-state index is 0.163. The van der Waals surface area contributed by atoms with E-state index in [0.29, 0.717) is 11.8 Å². The highest BCUT2D eigenvalue weighted by molar-refractivity contribution is 5.84. The summed E-state index contributed by atoms with van der Waals surface area (Å²) in [5.74, 6) is 1.14. The molecule has 1 aliphatic heterocycles. The summed E-state index contributed by atoms with van der Waals surface area (Å²) in [5, 5.41) is 11.9. The Morgan fingerprint density at radius 1 is 1.04 bits per heavy atom. The van der Waals surface area contributed by atoms with Crippen molar-refractivity contribution in [2.75, 3.05) is 13.2 Å². The van der Waals surface area contributed by atoms with E-state index in [1.54, 1.807) is 0 Å². The van der Waals surface area contributed by atoms with E-state index in [2.05, 4.69) is 45.0 Å². The average Bonchev–Trinajstić information content (AvgIpc) is 3.44. The first-order valence-electron chi connectivity index (χ1n) is 9.64. The highest BCUT2D eigenvalue weighted by Crippen LogP contribution is 2.45. The van der Waals surface area contributed by atoms with Crippen LogP contribution in [0.5, 0.6) is 0 Å². The number of aliphatic hydroxyl groups is 1. The van der Waals surface area contributed by atoms with Crippen molar-refractivity contribution in [3.63, 3.8) is 0 Å². The van der Waals surface area contributed by atoms with E-state index in [0.717, 1.165) is 37.1 Å². The van der Waals surface area contributed by atoms with Gasteiger partial charge in [-0.2, -0.15) is 0 Å². The lowest BCUT2D eigenvalue weighted by atomic mass is 9.83. The summed E-state index contributed by atoms with van der Waals surface area (Å²) in [7, 11) is 0. The van der Waals surface area contributed by atoms with Crippen molar-refractivity contribution < 1.29 is 9.84 Å². The molecular weight excluding hydrogens is 310 g/mol. The fourth-order valence-electron chi connectivity index (χ4n) is 3.89. The Kier molecular flexibility index (Phi) is 4.33. The fraction of sp³-hybridized carbons (Fsp3) is 0.591. The summed E-state index contributed by atoms with van der Waals surface area (Å²) < 4.78 is 5.50. The molecule has 1 aromatic heterocycles. The van der Waals surface area contributed by atoms with Crippen LogP contribution in [0.15, 0.2) is 24.3 Å². The zero-order valence-electron chi connectivity index (χ0n) is 15.6.